The molecule has 0 amide bonds. The van der Waals surface area contributed by atoms with E-state index in [4.69, 9.17) is 19.6 Å². The summed E-state index contributed by atoms with van der Waals surface area (Å²) in [6.45, 7) is 0. The Bertz CT molecular complexity index is 258. The molecule has 8 N–H and O–H groups in total. The van der Waals surface area contributed by atoms with Gasteiger partial charge in [0, 0.05) is 0 Å². The Morgan fingerprint density at radius 3 is 1.44 bits per heavy atom. The van der Waals surface area contributed by atoms with Crippen molar-refractivity contribution in [2.45, 2.75) is 0 Å². The molecule has 13 heteroatoms. The van der Waals surface area contributed by atoms with Gasteiger partial charge >= 0.3 is 15.2 Å². The van der Waals surface area contributed by atoms with Crippen molar-refractivity contribution in [3.63, 3.8) is 0 Å². The minimum absolute atomic E-state index is 0. The van der Waals surface area contributed by atoms with Crippen molar-refractivity contribution in [1.82, 2.24) is 4.90 Å². The Morgan fingerprint density at radius 1 is 0.938 bits per heavy atom. The molecule has 0 aromatic heterocycles. The zero-order valence-electron chi connectivity index (χ0n) is 7.92. The molecule has 0 heterocycles. The highest BCUT2D eigenvalue weighted by molar-refractivity contribution is 7.52. The fourth-order valence-corrected chi connectivity index (χ4v) is 3.02. The predicted octanol–water partition coefficient (Wildman–Crippen LogP) is -1.84. The van der Waals surface area contributed by atoms with Gasteiger partial charge in [-0.1, -0.05) is 0 Å². The van der Waals surface area contributed by atoms with E-state index in [2.05, 4.69) is 0 Å². The van der Waals surface area contributed by atoms with E-state index >= 15 is 0 Å². The molecule has 0 aliphatic heterocycles. The Hall–Kier alpha value is 0.280. The Morgan fingerprint density at radius 2 is 1.25 bits per heavy atom. The summed E-state index contributed by atoms with van der Waals surface area (Å²) in [5.74, 6) is 0. The van der Waals surface area contributed by atoms with Crippen molar-refractivity contribution in [2.24, 2.45) is 0 Å². The highest BCUT2D eigenvalue weighted by Gasteiger charge is 2.25. The fraction of sp³-hybridized carbons (Fsp3) is 1.00. The smallest absolute Gasteiger partial charge is 0.339 e. The minimum atomic E-state index is -4.40. The van der Waals surface area contributed by atoms with Gasteiger partial charge in [-0.3, -0.25) is 18.6 Å². The number of nitrogens with zero attached hydrogens (tertiary/aromatic N) is 1. The second-order valence-electron chi connectivity index (χ2n) is 2.55. The van der Waals surface area contributed by atoms with E-state index in [1.165, 1.54) is 0 Å². The molecule has 0 saturated heterocycles. The van der Waals surface area contributed by atoms with Gasteiger partial charge in [0.15, 0.2) is 8.46 Å². The summed E-state index contributed by atoms with van der Waals surface area (Å²) in [5.41, 5.74) is 0. The molecule has 10 nitrogen and oxygen atoms in total. The molecule has 0 aromatic rings. The lowest BCUT2D eigenvalue weighted by molar-refractivity contribution is 0.300. The van der Waals surface area contributed by atoms with E-state index in [1.54, 1.807) is 0 Å². The molecule has 0 aromatic carbocycles. The summed E-state index contributed by atoms with van der Waals surface area (Å²) in [6.07, 6.45) is -1.99. The van der Waals surface area contributed by atoms with Crippen molar-refractivity contribution >= 4 is 23.7 Å². The molecule has 100 valence electrons. The second-order valence-corrected chi connectivity index (χ2v) is 6.32. The maximum absolute atomic E-state index is 10.5. The Balaban J connectivity index is -0.000000845. The summed E-state index contributed by atoms with van der Waals surface area (Å²) < 4.78 is 31.1. The standard InChI is InChI=1S/C3H10NO7P3.2H2O/c5-12-1-4(2-13(6,7)8)3-14(9,10)11;;/h1-3H2,(H2,6,7,8)(H2,9,10,11);2*1H2. The number of hydrogen-bond acceptors (Lipinski definition) is 4. The van der Waals surface area contributed by atoms with E-state index in [-0.39, 0.29) is 17.2 Å². The third-order valence-electron chi connectivity index (χ3n) is 1.03. The first-order valence-electron chi connectivity index (χ1n) is 3.25. The first kappa shape index (κ1) is 21.6. The lowest BCUT2D eigenvalue weighted by Gasteiger charge is -2.19. The summed E-state index contributed by atoms with van der Waals surface area (Å²) >= 11 is 0. The maximum Gasteiger partial charge on any atom is 0.339 e. The molecule has 0 radical (unpaired) electrons. The van der Waals surface area contributed by atoms with Crippen LogP contribution in [0.25, 0.3) is 0 Å². The molecule has 0 atom stereocenters. The number of hydrogen-bond donors (Lipinski definition) is 4. The topological polar surface area (TPSA) is 198 Å². The maximum atomic E-state index is 10.5. The van der Waals surface area contributed by atoms with Crippen LogP contribution in [0.2, 0.25) is 0 Å². The van der Waals surface area contributed by atoms with Crippen LogP contribution < -0.4 is 0 Å². The predicted molar refractivity (Wildman–Crippen MR) is 55.4 cm³/mol. The molecule has 0 aliphatic carbocycles. The van der Waals surface area contributed by atoms with Crippen molar-refractivity contribution in [3.05, 3.63) is 0 Å². The second kappa shape index (κ2) is 8.38. The van der Waals surface area contributed by atoms with Crippen LogP contribution in [-0.2, 0) is 13.7 Å². The average molecular weight is 301 g/mol. The Labute approximate surface area is 92.4 Å². The molecule has 0 spiro atoms. The molecular weight excluding hydrogens is 287 g/mol. The van der Waals surface area contributed by atoms with Crippen LogP contribution >= 0.6 is 23.7 Å². The quantitative estimate of drug-likeness (QED) is 0.410. The van der Waals surface area contributed by atoms with Gasteiger partial charge in [-0.25, -0.2) is 0 Å². The average Bonchev–Trinajstić information content (AvgIpc) is 1.78. The van der Waals surface area contributed by atoms with Crippen LogP contribution in [0.1, 0.15) is 0 Å². The van der Waals surface area contributed by atoms with Crippen molar-refractivity contribution in [3.8, 4) is 0 Å². The first-order chi connectivity index (χ1) is 6.14. The van der Waals surface area contributed by atoms with Gasteiger partial charge in [-0.05, 0) is 0 Å². The van der Waals surface area contributed by atoms with Crippen LogP contribution in [0.5, 0.6) is 0 Å². The minimum Gasteiger partial charge on any atom is -0.412 e. The normalized spacial score (nSPS) is 12.1. The van der Waals surface area contributed by atoms with Crippen molar-refractivity contribution < 1.29 is 44.2 Å². The van der Waals surface area contributed by atoms with Crippen LogP contribution in [0, 0.1) is 0 Å². The molecule has 0 unspecified atom stereocenters. The van der Waals surface area contributed by atoms with Crippen molar-refractivity contribution in [2.75, 3.05) is 18.9 Å². The molecule has 16 heavy (non-hydrogen) atoms. The zero-order valence-corrected chi connectivity index (χ0v) is 10.6. The van der Waals surface area contributed by atoms with Gasteiger partial charge < -0.3 is 30.5 Å². The summed E-state index contributed by atoms with van der Waals surface area (Å²) in [5, 5.41) is 0. The van der Waals surface area contributed by atoms with E-state index in [1.807, 2.05) is 0 Å². The van der Waals surface area contributed by atoms with Crippen LogP contribution in [-0.4, -0.2) is 54.3 Å². The fourth-order valence-electron chi connectivity index (χ4n) is 0.737. The third kappa shape index (κ3) is 14.3. The van der Waals surface area contributed by atoms with Gasteiger partial charge in [-0.15, -0.1) is 0 Å². The van der Waals surface area contributed by atoms with Gasteiger partial charge in [-0.2, -0.15) is 0 Å². The summed E-state index contributed by atoms with van der Waals surface area (Å²) in [7, 11) is -9.26. The Kier molecular flexibility index (Phi) is 11.3. The zero-order chi connectivity index (χ0) is 11.4. The van der Waals surface area contributed by atoms with Crippen LogP contribution in [0.15, 0.2) is 0 Å². The monoisotopic (exact) mass is 301 g/mol. The summed E-state index contributed by atoms with van der Waals surface area (Å²) in [4.78, 5) is 34.8. The number of rotatable bonds is 6. The van der Waals surface area contributed by atoms with Gasteiger partial charge in [0.05, 0.1) is 6.29 Å². The van der Waals surface area contributed by atoms with E-state index in [9.17, 15) is 13.7 Å². The SMILES string of the molecule is O.O.O=PCN(CP(=O)(O)O)CP(=O)(O)O. The molecule has 0 rings (SSSR count). The lowest BCUT2D eigenvalue weighted by Crippen LogP contribution is -2.24. The van der Waals surface area contributed by atoms with Gasteiger partial charge in [0.1, 0.15) is 12.6 Å². The summed E-state index contributed by atoms with van der Waals surface area (Å²) in [6, 6.07) is 0. The molecule has 0 aliphatic rings. The van der Waals surface area contributed by atoms with Gasteiger partial charge in [0.25, 0.3) is 0 Å². The van der Waals surface area contributed by atoms with E-state index < -0.39 is 36.2 Å². The molecular formula is C3H14NO9P3. The lowest BCUT2D eigenvalue weighted by atomic mass is 11.0. The third-order valence-corrected chi connectivity index (χ3v) is 3.08. The van der Waals surface area contributed by atoms with Crippen molar-refractivity contribution in [1.29, 1.82) is 0 Å². The van der Waals surface area contributed by atoms with Gasteiger partial charge in [0.2, 0.25) is 0 Å². The largest absolute Gasteiger partial charge is 0.412 e. The highest BCUT2D eigenvalue weighted by atomic mass is 31.2. The van der Waals surface area contributed by atoms with E-state index in [0.29, 0.717) is 0 Å². The van der Waals surface area contributed by atoms with Crippen LogP contribution in [0.4, 0.5) is 0 Å². The molecule has 0 bridgehead atoms. The molecule has 0 fully saturated rings. The molecule has 0 saturated carbocycles. The highest BCUT2D eigenvalue weighted by Crippen LogP contribution is 2.41. The van der Waals surface area contributed by atoms with Crippen LogP contribution in [0.3, 0.4) is 0 Å². The van der Waals surface area contributed by atoms with E-state index in [0.717, 1.165) is 4.90 Å². The first-order valence-corrected chi connectivity index (χ1v) is 7.84.